The highest BCUT2D eigenvalue weighted by Gasteiger charge is 2.29. The Morgan fingerprint density at radius 1 is 1.39 bits per heavy atom. The normalized spacial score (nSPS) is 20.4. The van der Waals surface area contributed by atoms with E-state index in [2.05, 4.69) is 4.57 Å². The second-order valence-electron chi connectivity index (χ2n) is 5.21. The Hall–Kier alpha value is -1.68. The largest absolute Gasteiger partial charge is 0.330 e. The third-order valence-electron chi connectivity index (χ3n) is 3.99. The summed E-state index contributed by atoms with van der Waals surface area (Å²) in [5, 5.41) is 0. The number of rotatable bonds is 0. The number of fused-ring (bicyclic) bond motifs is 5. The maximum atomic E-state index is 13.2. The molecule has 0 spiro atoms. The van der Waals surface area contributed by atoms with Crippen LogP contribution in [0.3, 0.4) is 0 Å². The molecule has 4 heteroatoms. The molecule has 0 bridgehead atoms. The summed E-state index contributed by atoms with van der Waals surface area (Å²) in [7, 11) is 0. The van der Waals surface area contributed by atoms with E-state index >= 15 is 0 Å². The molecule has 4 rings (SSSR count). The molecule has 0 fully saturated rings. The summed E-state index contributed by atoms with van der Waals surface area (Å²) in [6.45, 7) is 0.841. The molecule has 1 unspecified atom stereocenters. The molecule has 0 saturated heterocycles. The molecule has 1 aromatic heterocycles. The van der Waals surface area contributed by atoms with Gasteiger partial charge in [-0.1, -0.05) is 0 Å². The monoisotopic (exact) mass is 243 g/mol. The molecule has 2 aromatic rings. The minimum Gasteiger partial charge on any atom is -0.330 e. The van der Waals surface area contributed by atoms with E-state index in [0.29, 0.717) is 0 Å². The zero-order chi connectivity index (χ0) is 12.3. The lowest BCUT2D eigenvalue weighted by atomic mass is 10.1. The molecule has 2 heterocycles. The molecule has 1 aromatic carbocycles. The molecule has 92 valence electrons. The van der Waals surface area contributed by atoms with E-state index in [1.54, 1.807) is 6.07 Å². The Kier molecular flexibility index (Phi) is 1.95. The zero-order valence-electron chi connectivity index (χ0n) is 9.99. The number of aryl methyl sites for hydroxylation is 1. The topological polar surface area (TPSA) is 43.8 Å². The van der Waals surface area contributed by atoms with Gasteiger partial charge in [0.05, 0.1) is 5.69 Å². The van der Waals surface area contributed by atoms with E-state index in [1.807, 2.05) is 6.07 Å². The molecular weight excluding hydrogens is 229 g/mol. The van der Waals surface area contributed by atoms with Gasteiger partial charge in [0.1, 0.15) is 11.6 Å². The smallest absolute Gasteiger partial charge is 0.123 e. The Labute approximate surface area is 104 Å². The second kappa shape index (κ2) is 3.42. The van der Waals surface area contributed by atoms with E-state index in [4.69, 9.17) is 10.7 Å². The third kappa shape index (κ3) is 1.29. The Morgan fingerprint density at radius 3 is 3.17 bits per heavy atom. The summed E-state index contributed by atoms with van der Waals surface area (Å²) < 4.78 is 15.5. The van der Waals surface area contributed by atoms with Gasteiger partial charge in [0.2, 0.25) is 0 Å². The summed E-state index contributed by atoms with van der Waals surface area (Å²) in [6, 6.07) is 5.19. The first-order valence-corrected chi connectivity index (χ1v) is 6.35. The van der Waals surface area contributed by atoms with Gasteiger partial charge in [0.25, 0.3) is 0 Å². The van der Waals surface area contributed by atoms with Gasteiger partial charge in [0.15, 0.2) is 0 Å². The van der Waals surface area contributed by atoms with Gasteiger partial charge < -0.3 is 10.3 Å². The van der Waals surface area contributed by atoms with Gasteiger partial charge in [-0.15, -0.1) is 0 Å². The van der Waals surface area contributed by atoms with E-state index in [0.717, 1.165) is 48.5 Å². The third-order valence-corrected chi connectivity index (χ3v) is 3.99. The lowest BCUT2D eigenvalue weighted by Gasteiger charge is -2.21. The molecule has 0 amide bonds. The lowest BCUT2D eigenvalue weighted by molar-refractivity contribution is 0.446. The van der Waals surface area contributed by atoms with Crippen molar-refractivity contribution >= 4 is 0 Å². The second-order valence-corrected chi connectivity index (χ2v) is 5.21. The van der Waals surface area contributed by atoms with Crippen molar-refractivity contribution in [3.8, 4) is 11.3 Å². The first kappa shape index (κ1) is 10.3. The fourth-order valence-corrected chi connectivity index (χ4v) is 3.10. The van der Waals surface area contributed by atoms with Crippen LogP contribution in [0.5, 0.6) is 0 Å². The number of aromatic nitrogens is 2. The summed E-state index contributed by atoms with van der Waals surface area (Å²) in [5.74, 6) is 0.964. The summed E-state index contributed by atoms with van der Waals surface area (Å²) in [5.41, 5.74) is 10.4. The van der Waals surface area contributed by atoms with E-state index in [9.17, 15) is 4.39 Å². The number of nitrogens with zero attached hydrogens (tertiary/aromatic N) is 2. The van der Waals surface area contributed by atoms with Crippen LogP contribution in [0, 0.1) is 5.82 Å². The van der Waals surface area contributed by atoms with Crippen LogP contribution < -0.4 is 5.73 Å². The quantitative estimate of drug-likeness (QED) is 0.655. The van der Waals surface area contributed by atoms with Crippen molar-refractivity contribution in [3.63, 3.8) is 0 Å². The Balaban J connectivity index is 1.88. The van der Waals surface area contributed by atoms with Crippen LogP contribution in [-0.4, -0.2) is 15.6 Å². The molecule has 0 radical (unpaired) electrons. The standard InChI is InChI=1S/C14H14FN3/c15-9-1-3-11-8(5-9)6-12-14(11)17-13-4-2-10(16)7-18(12)13/h1,3,5,10H,2,4,6-7,16H2. The molecule has 1 atom stereocenters. The van der Waals surface area contributed by atoms with Crippen molar-refractivity contribution in [2.75, 3.05) is 0 Å². The Bertz CT molecular complexity index is 645. The fraction of sp³-hybridized carbons (Fsp3) is 0.357. The minimum atomic E-state index is -0.172. The van der Waals surface area contributed by atoms with Crippen molar-refractivity contribution in [1.82, 2.24) is 9.55 Å². The van der Waals surface area contributed by atoms with Gasteiger partial charge in [-0.25, -0.2) is 9.37 Å². The van der Waals surface area contributed by atoms with Crippen LogP contribution in [0.4, 0.5) is 4.39 Å². The molecule has 18 heavy (non-hydrogen) atoms. The molecule has 2 N–H and O–H groups in total. The maximum absolute atomic E-state index is 13.2. The van der Waals surface area contributed by atoms with Gasteiger partial charge >= 0.3 is 0 Å². The van der Waals surface area contributed by atoms with E-state index in [1.165, 1.54) is 11.8 Å². The van der Waals surface area contributed by atoms with Crippen molar-refractivity contribution in [1.29, 1.82) is 0 Å². The summed E-state index contributed by atoms with van der Waals surface area (Å²) in [4.78, 5) is 4.72. The molecule has 1 aliphatic heterocycles. The predicted molar refractivity (Wildman–Crippen MR) is 66.7 cm³/mol. The van der Waals surface area contributed by atoms with Gasteiger partial charge in [-0.05, 0) is 30.2 Å². The van der Waals surface area contributed by atoms with Crippen molar-refractivity contribution in [2.45, 2.75) is 31.8 Å². The van der Waals surface area contributed by atoms with Crippen LogP contribution in [0.2, 0.25) is 0 Å². The van der Waals surface area contributed by atoms with Crippen molar-refractivity contribution in [2.24, 2.45) is 5.73 Å². The van der Waals surface area contributed by atoms with Crippen LogP contribution in [0.15, 0.2) is 18.2 Å². The van der Waals surface area contributed by atoms with Crippen molar-refractivity contribution in [3.05, 3.63) is 41.1 Å². The van der Waals surface area contributed by atoms with Gasteiger partial charge in [0, 0.05) is 36.7 Å². The SMILES string of the molecule is NC1CCc2nc3c(n2C1)Cc1cc(F)ccc1-3. The highest BCUT2D eigenvalue weighted by molar-refractivity contribution is 5.72. The molecule has 2 aliphatic rings. The first-order valence-electron chi connectivity index (χ1n) is 6.35. The average molecular weight is 243 g/mol. The van der Waals surface area contributed by atoms with Gasteiger partial charge in [-0.3, -0.25) is 0 Å². The number of imidazole rings is 1. The zero-order valence-corrected chi connectivity index (χ0v) is 9.99. The van der Waals surface area contributed by atoms with Gasteiger partial charge in [-0.2, -0.15) is 0 Å². The van der Waals surface area contributed by atoms with Crippen LogP contribution >= 0.6 is 0 Å². The Morgan fingerprint density at radius 2 is 2.28 bits per heavy atom. The average Bonchev–Trinajstić information content (AvgIpc) is 2.84. The summed E-state index contributed by atoms with van der Waals surface area (Å²) >= 11 is 0. The highest BCUT2D eigenvalue weighted by atomic mass is 19.1. The number of hydrogen-bond acceptors (Lipinski definition) is 2. The van der Waals surface area contributed by atoms with Crippen LogP contribution in [0.1, 0.15) is 23.5 Å². The molecular formula is C14H14FN3. The van der Waals surface area contributed by atoms with Crippen LogP contribution in [-0.2, 0) is 19.4 Å². The first-order chi connectivity index (χ1) is 8.72. The fourth-order valence-electron chi connectivity index (χ4n) is 3.10. The lowest BCUT2D eigenvalue weighted by Crippen LogP contribution is -2.32. The summed E-state index contributed by atoms with van der Waals surface area (Å²) in [6.07, 6.45) is 2.74. The number of nitrogens with two attached hydrogens (primary N) is 1. The minimum absolute atomic E-state index is 0.172. The number of benzene rings is 1. The molecule has 1 aliphatic carbocycles. The van der Waals surface area contributed by atoms with Crippen LogP contribution in [0.25, 0.3) is 11.3 Å². The van der Waals surface area contributed by atoms with Crippen molar-refractivity contribution < 1.29 is 4.39 Å². The molecule has 3 nitrogen and oxygen atoms in total. The number of halogens is 1. The highest BCUT2D eigenvalue weighted by Crippen LogP contribution is 2.38. The maximum Gasteiger partial charge on any atom is 0.123 e. The predicted octanol–water partition coefficient (Wildman–Crippen LogP) is 1.87. The van der Waals surface area contributed by atoms with E-state index < -0.39 is 0 Å². The molecule has 0 saturated carbocycles. The van der Waals surface area contributed by atoms with E-state index in [-0.39, 0.29) is 11.9 Å². The number of hydrogen-bond donors (Lipinski definition) is 1.